The van der Waals surface area contributed by atoms with E-state index < -0.39 is 0 Å². The maximum absolute atomic E-state index is 13.9. The van der Waals surface area contributed by atoms with Crippen LogP contribution in [0.3, 0.4) is 0 Å². The Balaban J connectivity index is 1.94. The highest BCUT2D eigenvalue weighted by molar-refractivity contribution is 7.17. The minimum Gasteiger partial charge on any atom is -0.313 e. The molecule has 1 atom stereocenters. The van der Waals surface area contributed by atoms with Gasteiger partial charge >= 0.3 is 0 Å². The molecule has 1 aromatic carbocycles. The Morgan fingerprint density at radius 3 is 2.95 bits per heavy atom. The van der Waals surface area contributed by atoms with Crippen molar-refractivity contribution in [3.63, 3.8) is 0 Å². The van der Waals surface area contributed by atoms with Crippen LogP contribution in [0.4, 0.5) is 4.39 Å². The number of hydrogen-bond donors (Lipinski definition) is 1. The Hall–Kier alpha value is -1.78. The number of hydrogen-bond acceptors (Lipinski definition) is 3. The molecule has 4 heteroatoms. The number of pyridine rings is 1. The number of benzene rings is 1. The average Bonchev–Trinajstić information content (AvgIpc) is 2.89. The summed E-state index contributed by atoms with van der Waals surface area (Å²) in [5.74, 6) is -0.258. The van der Waals surface area contributed by atoms with Gasteiger partial charge in [0.2, 0.25) is 0 Å². The highest BCUT2D eigenvalue weighted by Crippen LogP contribution is 2.29. The molecular formula is C16H15FN2S. The van der Waals surface area contributed by atoms with Crippen LogP contribution in [0.1, 0.15) is 17.2 Å². The summed E-state index contributed by atoms with van der Waals surface area (Å²) in [4.78, 5) is 3.81. The fourth-order valence-corrected chi connectivity index (χ4v) is 3.42. The predicted molar refractivity (Wildman–Crippen MR) is 81.5 cm³/mol. The molecule has 1 N–H and O–H groups in total. The zero-order valence-electron chi connectivity index (χ0n) is 11.1. The Morgan fingerprint density at radius 1 is 1.30 bits per heavy atom. The molecule has 0 saturated carbocycles. The topological polar surface area (TPSA) is 24.9 Å². The van der Waals surface area contributed by atoms with Crippen LogP contribution in [-0.2, 0) is 6.42 Å². The van der Waals surface area contributed by atoms with Gasteiger partial charge in [0.1, 0.15) is 5.82 Å². The van der Waals surface area contributed by atoms with E-state index in [1.54, 1.807) is 23.6 Å². The molecule has 102 valence electrons. The van der Waals surface area contributed by atoms with Gasteiger partial charge in [0, 0.05) is 22.5 Å². The summed E-state index contributed by atoms with van der Waals surface area (Å²) in [5, 5.41) is 6.62. The second-order valence-electron chi connectivity index (χ2n) is 4.70. The minimum atomic E-state index is -0.258. The minimum absolute atomic E-state index is 0.0454. The summed E-state index contributed by atoms with van der Waals surface area (Å²) in [6, 6.07) is 10.0. The molecule has 1 unspecified atom stereocenters. The number of aromatic nitrogens is 1. The first-order valence-electron chi connectivity index (χ1n) is 6.51. The third kappa shape index (κ3) is 2.44. The molecule has 2 nitrogen and oxygen atoms in total. The van der Waals surface area contributed by atoms with Gasteiger partial charge in [0.25, 0.3) is 0 Å². The summed E-state index contributed by atoms with van der Waals surface area (Å²) in [5.41, 5.74) is 1.92. The number of halogens is 1. The van der Waals surface area contributed by atoms with Gasteiger partial charge in [-0.2, -0.15) is 0 Å². The standard InChI is InChI=1S/C16H15FN2S/c1-18-15(13-6-7-19-9-14(13)17)8-11-10-20-16-5-3-2-4-12(11)16/h2-7,9-10,15,18H,8H2,1H3. The van der Waals surface area contributed by atoms with E-state index in [1.807, 2.05) is 19.2 Å². The van der Waals surface area contributed by atoms with Gasteiger partial charge in [-0.3, -0.25) is 4.98 Å². The molecule has 3 rings (SSSR count). The van der Waals surface area contributed by atoms with Crippen molar-refractivity contribution >= 4 is 21.4 Å². The lowest BCUT2D eigenvalue weighted by atomic mass is 9.99. The van der Waals surface area contributed by atoms with Gasteiger partial charge in [-0.15, -0.1) is 11.3 Å². The van der Waals surface area contributed by atoms with Crippen molar-refractivity contribution in [3.05, 3.63) is 65.0 Å². The van der Waals surface area contributed by atoms with E-state index in [2.05, 4.69) is 27.8 Å². The molecule has 2 heterocycles. The van der Waals surface area contributed by atoms with Crippen molar-refractivity contribution in [1.29, 1.82) is 0 Å². The highest BCUT2D eigenvalue weighted by atomic mass is 32.1. The molecule has 0 saturated heterocycles. The molecule has 2 aromatic heterocycles. The molecule has 0 radical (unpaired) electrons. The summed E-state index contributed by atoms with van der Waals surface area (Å²) in [6.45, 7) is 0. The van der Waals surface area contributed by atoms with Crippen molar-refractivity contribution in [2.45, 2.75) is 12.5 Å². The summed E-state index contributed by atoms with van der Waals surface area (Å²) >= 11 is 1.73. The lowest BCUT2D eigenvalue weighted by Crippen LogP contribution is -2.20. The van der Waals surface area contributed by atoms with Crippen LogP contribution in [0.25, 0.3) is 10.1 Å². The lowest BCUT2D eigenvalue weighted by Gasteiger charge is -2.16. The van der Waals surface area contributed by atoms with E-state index in [1.165, 1.54) is 21.8 Å². The van der Waals surface area contributed by atoms with E-state index in [-0.39, 0.29) is 11.9 Å². The van der Waals surface area contributed by atoms with Crippen LogP contribution in [0.5, 0.6) is 0 Å². The van der Waals surface area contributed by atoms with Gasteiger partial charge in [-0.1, -0.05) is 18.2 Å². The number of likely N-dealkylation sites (N-methyl/N-ethyl adjacent to an activating group) is 1. The Bertz CT molecular complexity index is 723. The maximum Gasteiger partial charge on any atom is 0.146 e. The summed E-state index contributed by atoms with van der Waals surface area (Å²) in [7, 11) is 1.86. The van der Waals surface area contributed by atoms with Gasteiger partial charge in [0.05, 0.1) is 6.20 Å². The number of fused-ring (bicyclic) bond motifs is 1. The van der Waals surface area contributed by atoms with Crippen LogP contribution >= 0.6 is 11.3 Å². The molecule has 0 spiro atoms. The van der Waals surface area contributed by atoms with E-state index in [4.69, 9.17) is 0 Å². The predicted octanol–water partition coefficient (Wildman–Crippen LogP) is 3.94. The van der Waals surface area contributed by atoms with Crippen molar-refractivity contribution in [2.24, 2.45) is 0 Å². The number of thiophene rings is 1. The first-order valence-corrected chi connectivity index (χ1v) is 7.39. The smallest absolute Gasteiger partial charge is 0.146 e. The van der Waals surface area contributed by atoms with Crippen LogP contribution in [-0.4, -0.2) is 12.0 Å². The number of nitrogens with one attached hydrogen (secondary N) is 1. The first-order chi connectivity index (χ1) is 9.79. The highest BCUT2D eigenvalue weighted by Gasteiger charge is 2.16. The molecule has 0 bridgehead atoms. The maximum atomic E-state index is 13.9. The van der Waals surface area contributed by atoms with Gasteiger partial charge in [-0.05, 0) is 41.9 Å². The van der Waals surface area contributed by atoms with Gasteiger partial charge < -0.3 is 5.32 Å². The quantitative estimate of drug-likeness (QED) is 0.786. The first kappa shape index (κ1) is 13.2. The fraction of sp³-hybridized carbons (Fsp3) is 0.188. The zero-order chi connectivity index (χ0) is 13.9. The monoisotopic (exact) mass is 286 g/mol. The molecule has 0 aliphatic rings. The molecule has 0 aliphatic carbocycles. The van der Waals surface area contributed by atoms with Crippen molar-refractivity contribution in [2.75, 3.05) is 7.05 Å². The van der Waals surface area contributed by atoms with Crippen molar-refractivity contribution in [1.82, 2.24) is 10.3 Å². The molecule has 0 aliphatic heterocycles. The van der Waals surface area contributed by atoms with Crippen molar-refractivity contribution < 1.29 is 4.39 Å². The molecular weight excluding hydrogens is 271 g/mol. The summed E-state index contributed by atoms with van der Waals surface area (Å²) in [6.07, 6.45) is 3.67. The third-order valence-corrected chi connectivity index (χ3v) is 4.53. The van der Waals surface area contributed by atoms with Crippen LogP contribution < -0.4 is 5.32 Å². The fourth-order valence-electron chi connectivity index (χ4n) is 2.45. The van der Waals surface area contributed by atoms with Crippen molar-refractivity contribution in [3.8, 4) is 0 Å². The number of nitrogens with zero attached hydrogens (tertiary/aromatic N) is 1. The van der Waals surface area contributed by atoms with Crippen LogP contribution in [0.15, 0.2) is 48.1 Å². The van der Waals surface area contributed by atoms with E-state index in [9.17, 15) is 4.39 Å². The Kier molecular flexibility index (Phi) is 3.76. The third-order valence-electron chi connectivity index (χ3n) is 3.51. The summed E-state index contributed by atoms with van der Waals surface area (Å²) < 4.78 is 15.1. The van der Waals surface area contributed by atoms with Crippen LogP contribution in [0.2, 0.25) is 0 Å². The largest absolute Gasteiger partial charge is 0.313 e. The van der Waals surface area contributed by atoms with E-state index in [0.29, 0.717) is 5.56 Å². The molecule has 3 aromatic rings. The second kappa shape index (κ2) is 5.69. The van der Waals surface area contributed by atoms with Gasteiger partial charge in [-0.25, -0.2) is 4.39 Å². The number of rotatable bonds is 4. The zero-order valence-corrected chi connectivity index (χ0v) is 12.0. The molecule has 0 amide bonds. The normalized spacial score (nSPS) is 12.7. The Labute approximate surface area is 121 Å². The van der Waals surface area contributed by atoms with Gasteiger partial charge in [0.15, 0.2) is 0 Å². The Morgan fingerprint density at radius 2 is 2.15 bits per heavy atom. The van der Waals surface area contributed by atoms with E-state index in [0.717, 1.165) is 6.42 Å². The second-order valence-corrected chi connectivity index (χ2v) is 5.61. The van der Waals surface area contributed by atoms with E-state index >= 15 is 0 Å². The van der Waals surface area contributed by atoms with Crippen LogP contribution in [0, 0.1) is 5.82 Å². The molecule has 0 fully saturated rings. The molecule has 20 heavy (non-hydrogen) atoms. The average molecular weight is 286 g/mol. The lowest BCUT2D eigenvalue weighted by molar-refractivity contribution is 0.531. The SMILES string of the molecule is CNC(Cc1csc2ccccc12)c1ccncc1F.